The molecule has 1 N–H and O–H groups in total. The molecule has 0 bridgehead atoms. The fourth-order valence-corrected chi connectivity index (χ4v) is 5.32. The fourth-order valence-electron chi connectivity index (χ4n) is 3.86. The Balaban J connectivity index is 1.26. The Hall–Kier alpha value is -2.19. The van der Waals surface area contributed by atoms with Gasteiger partial charge in [0.2, 0.25) is 5.91 Å². The number of aromatic nitrogens is 4. The Morgan fingerprint density at radius 1 is 1.20 bits per heavy atom. The molecule has 1 saturated carbocycles. The van der Waals surface area contributed by atoms with Gasteiger partial charge in [0, 0.05) is 24.4 Å². The number of nitrogens with one attached hydrogen (secondary N) is 1. The molecule has 0 saturated heterocycles. The maximum atomic E-state index is 12.4. The van der Waals surface area contributed by atoms with E-state index in [0.29, 0.717) is 5.13 Å². The molecule has 2 aromatic heterocycles. The second-order valence-corrected chi connectivity index (χ2v) is 9.54. The predicted octanol–water partition coefficient (Wildman–Crippen LogP) is 5.18. The summed E-state index contributed by atoms with van der Waals surface area (Å²) in [5, 5.41) is 14.9. The molecular weight excluding hydrogens is 414 g/mol. The lowest BCUT2D eigenvalue weighted by Gasteiger charge is -2.20. The summed E-state index contributed by atoms with van der Waals surface area (Å²) >= 11 is 2.85. The van der Waals surface area contributed by atoms with Gasteiger partial charge in [-0.2, -0.15) is 0 Å². The van der Waals surface area contributed by atoms with Crippen molar-refractivity contribution in [3.8, 4) is 11.3 Å². The third-order valence-electron chi connectivity index (χ3n) is 5.58. The zero-order valence-corrected chi connectivity index (χ0v) is 18.8. The highest BCUT2D eigenvalue weighted by Gasteiger charge is 2.17. The summed E-state index contributed by atoms with van der Waals surface area (Å²) in [5.41, 5.74) is 1.92. The van der Waals surface area contributed by atoms with Crippen LogP contribution in [0, 0.1) is 5.92 Å². The normalized spacial score (nSPS) is 14.7. The zero-order chi connectivity index (χ0) is 20.8. The summed E-state index contributed by atoms with van der Waals surface area (Å²) in [6.07, 6.45) is 8.97. The maximum Gasteiger partial charge on any atom is 0.236 e. The van der Waals surface area contributed by atoms with Crippen LogP contribution in [0.1, 0.15) is 44.3 Å². The van der Waals surface area contributed by atoms with Gasteiger partial charge in [-0.1, -0.05) is 74.2 Å². The Morgan fingerprint density at radius 2 is 2.00 bits per heavy atom. The van der Waals surface area contributed by atoms with Gasteiger partial charge in [0.25, 0.3) is 0 Å². The van der Waals surface area contributed by atoms with E-state index in [-0.39, 0.29) is 11.7 Å². The summed E-state index contributed by atoms with van der Waals surface area (Å²) in [6.45, 7) is 0. The third kappa shape index (κ3) is 5.49. The van der Waals surface area contributed by atoms with Crippen molar-refractivity contribution in [3.05, 3.63) is 41.5 Å². The van der Waals surface area contributed by atoms with Crippen molar-refractivity contribution in [1.29, 1.82) is 0 Å². The van der Waals surface area contributed by atoms with Crippen LogP contribution in [-0.2, 0) is 18.3 Å². The first-order chi connectivity index (χ1) is 14.7. The summed E-state index contributed by atoms with van der Waals surface area (Å²) in [6, 6.07) is 9.96. The molecule has 30 heavy (non-hydrogen) atoms. The van der Waals surface area contributed by atoms with Crippen LogP contribution >= 0.6 is 23.1 Å². The largest absolute Gasteiger partial charge is 0.309 e. The molecule has 6 nitrogen and oxygen atoms in total. The molecule has 4 rings (SSSR count). The predicted molar refractivity (Wildman–Crippen MR) is 123 cm³/mol. The van der Waals surface area contributed by atoms with Gasteiger partial charge in [0.1, 0.15) is 5.82 Å². The lowest BCUT2D eigenvalue weighted by Crippen LogP contribution is -2.14. The number of amides is 1. The van der Waals surface area contributed by atoms with Gasteiger partial charge >= 0.3 is 0 Å². The van der Waals surface area contributed by atoms with Crippen LogP contribution in [0.15, 0.2) is 40.9 Å². The first-order valence-electron chi connectivity index (χ1n) is 10.5. The second-order valence-electron chi connectivity index (χ2n) is 7.74. The molecule has 3 aromatic rings. The number of carbonyl (C=O) groups is 1. The van der Waals surface area contributed by atoms with Gasteiger partial charge in [0.15, 0.2) is 10.3 Å². The standard InChI is InChI=1S/C22H27N5OS2/c1-27-19(13-12-16-8-4-2-5-9-16)25-26-22(27)30-15-20(28)24-21-23-18(14-29-21)17-10-6-3-7-11-17/h3,6-7,10-11,14,16H,2,4-5,8-9,12-13,15H2,1H3,(H,23,24,28). The SMILES string of the molecule is Cn1c(CCC2CCCCC2)nnc1SCC(=O)Nc1nc(-c2ccccc2)cs1. The van der Waals surface area contributed by atoms with Crippen LogP contribution in [0.4, 0.5) is 5.13 Å². The fraction of sp³-hybridized carbons (Fsp3) is 0.455. The minimum absolute atomic E-state index is 0.0827. The van der Waals surface area contributed by atoms with Crippen molar-refractivity contribution in [2.75, 3.05) is 11.1 Å². The Kier molecular flexibility index (Phi) is 7.17. The molecule has 1 fully saturated rings. The molecule has 0 aliphatic heterocycles. The molecule has 0 radical (unpaired) electrons. The van der Waals surface area contributed by atoms with Crippen LogP contribution in [0.5, 0.6) is 0 Å². The smallest absolute Gasteiger partial charge is 0.236 e. The topological polar surface area (TPSA) is 72.7 Å². The number of carbonyl (C=O) groups excluding carboxylic acids is 1. The van der Waals surface area contributed by atoms with Gasteiger partial charge in [-0.15, -0.1) is 21.5 Å². The third-order valence-corrected chi connectivity index (χ3v) is 7.36. The number of nitrogens with zero attached hydrogens (tertiary/aromatic N) is 4. The van der Waals surface area contributed by atoms with Crippen molar-refractivity contribution in [3.63, 3.8) is 0 Å². The average Bonchev–Trinajstić information content (AvgIpc) is 3.39. The number of benzene rings is 1. The van der Waals surface area contributed by atoms with Crippen molar-refractivity contribution in [2.24, 2.45) is 13.0 Å². The van der Waals surface area contributed by atoms with Crippen LogP contribution in [0.2, 0.25) is 0 Å². The van der Waals surface area contributed by atoms with Gasteiger partial charge in [-0.3, -0.25) is 4.79 Å². The molecule has 0 atom stereocenters. The maximum absolute atomic E-state index is 12.4. The summed E-state index contributed by atoms with van der Waals surface area (Å²) < 4.78 is 2.03. The minimum Gasteiger partial charge on any atom is -0.309 e. The van der Waals surface area contributed by atoms with Gasteiger partial charge < -0.3 is 9.88 Å². The highest BCUT2D eigenvalue weighted by molar-refractivity contribution is 7.99. The van der Waals surface area contributed by atoms with E-state index in [1.165, 1.54) is 61.6 Å². The Bertz CT molecular complexity index is 963. The van der Waals surface area contributed by atoms with E-state index in [2.05, 4.69) is 20.5 Å². The molecule has 158 valence electrons. The summed E-state index contributed by atoms with van der Waals surface area (Å²) in [7, 11) is 1.99. The summed E-state index contributed by atoms with van der Waals surface area (Å²) in [5.74, 6) is 2.04. The number of thiazole rings is 1. The Morgan fingerprint density at radius 3 is 2.80 bits per heavy atom. The number of hydrogen-bond acceptors (Lipinski definition) is 6. The van der Waals surface area contributed by atoms with E-state index in [1.54, 1.807) is 0 Å². The molecule has 8 heteroatoms. The van der Waals surface area contributed by atoms with Gasteiger partial charge in [0.05, 0.1) is 11.4 Å². The van der Waals surface area contributed by atoms with E-state index >= 15 is 0 Å². The molecular formula is C22H27N5OS2. The Labute approximate surface area is 185 Å². The average molecular weight is 442 g/mol. The number of hydrogen-bond donors (Lipinski definition) is 1. The van der Waals surface area contributed by atoms with Gasteiger partial charge in [-0.25, -0.2) is 4.98 Å². The molecule has 1 amide bonds. The van der Waals surface area contributed by atoms with E-state index in [9.17, 15) is 4.79 Å². The van der Waals surface area contributed by atoms with Crippen molar-refractivity contribution in [1.82, 2.24) is 19.7 Å². The van der Waals surface area contributed by atoms with Crippen LogP contribution in [-0.4, -0.2) is 31.4 Å². The lowest BCUT2D eigenvalue weighted by molar-refractivity contribution is -0.113. The lowest BCUT2D eigenvalue weighted by atomic mass is 9.86. The van der Waals surface area contributed by atoms with Crippen molar-refractivity contribution in [2.45, 2.75) is 50.1 Å². The first-order valence-corrected chi connectivity index (χ1v) is 12.4. The summed E-state index contributed by atoms with van der Waals surface area (Å²) in [4.78, 5) is 16.9. The molecule has 0 unspecified atom stereocenters. The monoisotopic (exact) mass is 441 g/mol. The van der Waals surface area contributed by atoms with E-state index in [4.69, 9.17) is 0 Å². The molecule has 1 aliphatic rings. The van der Waals surface area contributed by atoms with Crippen molar-refractivity contribution >= 4 is 34.1 Å². The van der Waals surface area contributed by atoms with E-state index < -0.39 is 0 Å². The van der Waals surface area contributed by atoms with Gasteiger partial charge in [-0.05, 0) is 12.3 Å². The molecule has 1 aromatic carbocycles. The van der Waals surface area contributed by atoms with Crippen molar-refractivity contribution < 1.29 is 4.79 Å². The van der Waals surface area contributed by atoms with E-state index in [0.717, 1.165) is 34.6 Å². The highest BCUT2D eigenvalue weighted by Crippen LogP contribution is 2.28. The number of thioether (sulfide) groups is 1. The number of anilines is 1. The molecule has 1 aliphatic carbocycles. The van der Waals surface area contributed by atoms with Crippen LogP contribution in [0.25, 0.3) is 11.3 Å². The molecule has 2 heterocycles. The van der Waals surface area contributed by atoms with Crippen LogP contribution < -0.4 is 5.32 Å². The first kappa shape index (κ1) is 21.1. The minimum atomic E-state index is -0.0827. The highest BCUT2D eigenvalue weighted by atomic mass is 32.2. The van der Waals surface area contributed by atoms with Crippen LogP contribution in [0.3, 0.4) is 0 Å². The molecule has 0 spiro atoms. The zero-order valence-electron chi connectivity index (χ0n) is 17.2. The van der Waals surface area contributed by atoms with E-state index in [1.807, 2.05) is 47.3 Å². The second kappa shape index (κ2) is 10.2. The number of aryl methyl sites for hydroxylation is 1. The number of rotatable bonds is 8. The quantitative estimate of drug-likeness (QED) is 0.488.